The van der Waals surface area contributed by atoms with Gasteiger partial charge in [0, 0.05) is 44.3 Å². The highest BCUT2D eigenvalue weighted by Gasteiger charge is 2.18. The van der Waals surface area contributed by atoms with E-state index >= 15 is 0 Å². The van der Waals surface area contributed by atoms with Crippen LogP contribution in [-0.4, -0.2) is 61.4 Å². The van der Waals surface area contributed by atoms with Gasteiger partial charge >= 0.3 is 0 Å². The standard InChI is InChI=1S/C21H25N5.C2H4O.C2H6/c1-22-18-6-3-16(4-7-18)13-17-5-8-20-19(14-17)21(24-15-23-20)26-11-9-25(2)10-12-26;1-2-3;1-2/h3-8,14-15,22H,9-13H2,1-2H3;2H,1H3;1-2H3. The summed E-state index contributed by atoms with van der Waals surface area (Å²) in [5, 5.41) is 4.32. The van der Waals surface area contributed by atoms with Gasteiger partial charge in [-0.1, -0.05) is 32.0 Å². The van der Waals surface area contributed by atoms with E-state index in [0.717, 1.165) is 61.3 Å². The topological polar surface area (TPSA) is 61.4 Å². The van der Waals surface area contributed by atoms with Crippen molar-refractivity contribution in [3.63, 3.8) is 0 Å². The van der Waals surface area contributed by atoms with Crippen molar-refractivity contribution in [2.75, 3.05) is 50.5 Å². The highest BCUT2D eigenvalue weighted by molar-refractivity contribution is 5.90. The van der Waals surface area contributed by atoms with E-state index < -0.39 is 0 Å². The van der Waals surface area contributed by atoms with Crippen molar-refractivity contribution < 1.29 is 4.79 Å². The van der Waals surface area contributed by atoms with Gasteiger partial charge < -0.3 is 19.9 Å². The number of carbonyl (C=O) groups excluding carboxylic acids is 1. The Morgan fingerprint density at radius 1 is 0.968 bits per heavy atom. The first-order valence-electron chi connectivity index (χ1n) is 11.0. The molecule has 31 heavy (non-hydrogen) atoms. The van der Waals surface area contributed by atoms with Gasteiger partial charge in [0.2, 0.25) is 0 Å². The van der Waals surface area contributed by atoms with Crippen LogP contribution in [0.5, 0.6) is 0 Å². The maximum absolute atomic E-state index is 8.81. The van der Waals surface area contributed by atoms with Crippen molar-refractivity contribution in [2.45, 2.75) is 27.2 Å². The Balaban J connectivity index is 0.000000630. The number of rotatable bonds is 4. The molecule has 0 spiro atoms. The first-order chi connectivity index (χ1) is 15.1. The lowest BCUT2D eigenvalue weighted by atomic mass is 10.0. The number of fused-ring (bicyclic) bond motifs is 1. The van der Waals surface area contributed by atoms with Crippen molar-refractivity contribution in [1.82, 2.24) is 14.9 Å². The number of carbonyl (C=O) groups is 1. The normalized spacial score (nSPS) is 13.5. The van der Waals surface area contributed by atoms with E-state index in [0.29, 0.717) is 0 Å². The lowest BCUT2D eigenvalue weighted by molar-refractivity contribution is -0.106. The molecule has 1 aliphatic rings. The minimum Gasteiger partial charge on any atom is -0.388 e. The van der Waals surface area contributed by atoms with Crippen molar-refractivity contribution >= 4 is 28.7 Å². The highest BCUT2D eigenvalue weighted by Crippen LogP contribution is 2.26. The van der Waals surface area contributed by atoms with Crippen LogP contribution < -0.4 is 10.2 Å². The van der Waals surface area contributed by atoms with Crippen molar-refractivity contribution in [3.05, 3.63) is 59.9 Å². The third-order valence-corrected chi connectivity index (χ3v) is 5.13. The second-order valence-electron chi connectivity index (χ2n) is 7.20. The summed E-state index contributed by atoms with van der Waals surface area (Å²) < 4.78 is 0. The number of aromatic nitrogens is 2. The van der Waals surface area contributed by atoms with Gasteiger partial charge in [0.1, 0.15) is 18.4 Å². The van der Waals surface area contributed by atoms with Gasteiger partial charge in [-0.3, -0.25) is 0 Å². The Morgan fingerprint density at radius 3 is 2.19 bits per heavy atom. The molecule has 1 N–H and O–H groups in total. The smallest absolute Gasteiger partial charge is 0.139 e. The number of nitrogens with one attached hydrogen (secondary N) is 1. The average Bonchev–Trinajstić information content (AvgIpc) is 2.82. The van der Waals surface area contributed by atoms with Crippen LogP contribution in [0.2, 0.25) is 0 Å². The Labute approximate surface area is 186 Å². The zero-order valence-corrected chi connectivity index (χ0v) is 19.4. The molecule has 2 heterocycles. The molecule has 0 bridgehead atoms. The number of hydrogen-bond acceptors (Lipinski definition) is 6. The molecule has 166 valence electrons. The molecule has 0 aliphatic carbocycles. The average molecular weight is 422 g/mol. The van der Waals surface area contributed by atoms with Crippen molar-refractivity contribution in [3.8, 4) is 0 Å². The molecule has 4 rings (SSSR count). The third-order valence-electron chi connectivity index (χ3n) is 5.13. The van der Waals surface area contributed by atoms with Crippen molar-refractivity contribution in [1.29, 1.82) is 0 Å². The number of hydrogen-bond donors (Lipinski definition) is 1. The Hall–Kier alpha value is -2.99. The van der Waals surface area contributed by atoms with Gasteiger partial charge in [0.25, 0.3) is 0 Å². The molecule has 1 fully saturated rings. The largest absolute Gasteiger partial charge is 0.388 e. The second-order valence-corrected chi connectivity index (χ2v) is 7.20. The molecule has 0 amide bonds. The summed E-state index contributed by atoms with van der Waals surface area (Å²) in [5.74, 6) is 1.07. The van der Waals surface area contributed by atoms with E-state index in [9.17, 15) is 0 Å². The SMILES string of the molecule is CC.CC=O.CNc1ccc(Cc2ccc3ncnc(N4CCN(C)CC4)c3c2)cc1. The first-order valence-corrected chi connectivity index (χ1v) is 11.0. The summed E-state index contributed by atoms with van der Waals surface area (Å²) in [6.07, 6.45) is 3.35. The predicted octanol–water partition coefficient (Wildman–Crippen LogP) is 4.25. The molecule has 1 saturated heterocycles. The number of anilines is 2. The number of nitrogens with zero attached hydrogens (tertiary/aromatic N) is 4. The van der Waals surface area contributed by atoms with Gasteiger partial charge in [0.05, 0.1) is 5.52 Å². The molecule has 6 nitrogen and oxygen atoms in total. The number of piperazine rings is 1. The fourth-order valence-corrected chi connectivity index (χ4v) is 3.50. The summed E-state index contributed by atoms with van der Waals surface area (Å²) >= 11 is 0. The van der Waals surface area contributed by atoms with Gasteiger partial charge in [-0.15, -0.1) is 0 Å². The fourth-order valence-electron chi connectivity index (χ4n) is 3.50. The summed E-state index contributed by atoms with van der Waals surface area (Å²) in [6, 6.07) is 15.2. The summed E-state index contributed by atoms with van der Waals surface area (Å²) in [6.45, 7) is 9.61. The lowest BCUT2D eigenvalue weighted by Gasteiger charge is -2.33. The van der Waals surface area contributed by atoms with E-state index in [2.05, 4.69) is 74.6 Å². The lowest BCUT2D eigenvalue weighted by Crippen LogP contribution is -2.44. The molecule has 2 aromatic carbocycles. The van der Waals surface area contributed by atoms with E-state index in [1.54, 1.807) is 6.33 Å². The molecule has 1 aliphatic heterocycles. The van der Waals surface area contributed by atoms with Gasteiger partial charge in [0.15, 0.2) is 0 Å². The highest BCUT2D eigenvalue weighted by atomic mass is 16.1. The van der Waals surface area contributed by atoms with Crippen LogP contribution in [0.25, 0.3) is 10.9 Å². The monoisotopic (exact) mass is 421 g/mol. The Bertz CT molecular complexity index is 934. The van der Waals surface area contributed by atoms with Gasteiger partial charge in [-0.2, -0.15) is 0 Å². The summed E-state index contributed by atoms with van der Waals surface area (Å²) in [4.78, 5) is 22.6. The maximum Gasteiger partial charge on any atom is 0.139 e. The molecule has 0 radical (unpaired) electrons. The van der Waals surface area contributed by atoms with E-state index in [4.69, 9.17) is 4.79 Å². The molecule has 6 heteroatoms. The number of benzene rings is 2. The predicted molar refractivity (Wildman–Crippen MR) is 131 cm³/mol. The van der Waals surface area contributed by atoms with Crippen LogP contribution in [0.1, 0.15) is 31.9 Å². The van der Waals surface area contributed by atoms with Crippen LogP contribution in [0.4, 0.5) is 11.5 Å². The zero-order valence-electron chi connectivity index (χ0n) is 19.4. The van der Waals surface area contributed by atoms with Crippen LogP contribution in [0.3, 0.4) is 0 Å². The molecular weight excluding hydrogens is 386 g/mol. The minimum absolute atomic E-state index is 0.750. The third kappa shape index (κ3) is 6.76. The fraction of sp³-hybridized carbons (Fsp3) is 0.400. The van der Waals surface area contributed by atoms with Crippen LogP contribution in [-0.2, 0) is 11.2 Å². The zero-order chi connectivity index (χ0) is 22.6. The summed E-state index contributed by atoms with van der Waals surface area (Å²) in [5.41, 5.74) is 4.75. The maximum atomic E-state index is 8.81. The minimum atomic E-state index is 0.750. The summed E-state index contributed by atoms with van der Waals surface area (Å²) in [7, 11) is 4.12. The molecule has 1 aromatic heterocycles. The van der Waals surface area contributed by atoms with Crippen LogP contribution in [0.15, 0.2) is 48.8 Å². The van der Waals surface area contributed by atoms with Crippen LogP contribution in [0, 0.1) is 0 Å². The molecular formula is C25H35N5O. The quantitative estimate of drug-likeness (QED) is 0.636. The molecule has 3 aromatic rings. The Kier molecular flexibility index (Phi) is 9.91. The second kappa shape index (κ2) is 12.6. The molecule has 0 atom stereocenters. The molecule has 0 saturated carbocycles. The van der Waals surface area contributed by atoms with E-state index in [1.165, 1.54) is 18.1 Å². The Morgan fingerprint density at radius 2 is 1.58 bits per heavy atom. The van der Waals surface area contributed by atoms with E-state index in [-0.39, 0.29) is 0 Å². The van der Waals surface area contributed by atoms with Crippen LogP contribution >= 0.6 is 0 Å². The van der Waals surface area contributed by atoms with Gasteiger partial charge in [-0.05, 0) is 55.8 Å². The number of likely N-dealkylation sites (N-methyl/N-ethyl adjacent to an activating group) is 1. The van der Waals surface area contributed by atoms with Gasteiger partial charge in [-0.25, -0.2) is 9.97 Å². The molecule has 0 unspecified atom stereocenters. The van der Waals surface area contributed by atoms with E-state index in [1.807, 2.05) is 20.9 Å². The number of aldehydes is 1. The van der Waals surface area contributed by atoms with Crippen molar-refractivity contribution in [2.24, 2.45) is 0 Å². The first kappa shape index (κ1) is 24.3.